The molecule has 5 nitrogen and oxygen atoms in total. The van der Waals surface area contributed by atoms with Gasteiger partial charge >= 0.3 is 5.97 Å². The topological polar surface area (TPSA) is 67.4 Å². The maximum absolute atomic E-state index is 12.2. The van der Waals surface area contributed by atoms with Crippen molar-refractivity contribution < 1.29 is 14.3 Å². The second-order valence-corrected chi connectivity index (χ2v) is 7.79. The molecule has 0 aliphatic carbocycles. The highest BCUT2D eigenvalue weighted by Crippen LogP contribution is 2.23. The van der Waals surface area contributed by atoms with E-state index in [1.165, 1.54) is 0 Å². The van der Waals surface area contributed by atoms with E-state index in [1.54, 1.807) is 12.1 Å². The van der Waals surface area contributed by atoms with Crippen LogP contribution in [0.15, 0.2) is 48.5 Å². The Hall–Kier alpha value is -2.66. The number of benzene rings is 2. The summed E-state index contributed by atoms with van der Waals surface area (Å²) in [4.78, 5) is 24.2. The molecule has 0 aromatic heterocycles. The van der Waals surface area contributed by atoms with E-state index >= 15 is 0 Å². The summed E-state index contributed by atoms with van der Waals surface area (Å²) in [6, 6.07) is 14.9. The quantitative estimate of drug-likeness (QED) is 0.803. The first-order valence-electron chi connectivity index (χ1n) is 9.30. The number of anilines is 1. The molecule has 0 spiro atoms. The first kappa shape index (κ1) is 19.1. The van der Waals surface area contributed by atoms with Gasteiger partial charge in [-0.2, -0.15) is 0 Å². The van der Waals surface area contributed by atoms with E-state index in [2.05, 4.69) is 10.6 Å². The summed E-state index contributed by atoms with van der Waals surface area (Å²) >= 11 is 0. The Kier molecular flexibility index (Phi) is 5.61. The fraction of sp³-hybridized carbons (Fsp3) is 0.364. The monoisotopic (exact) mass is 366 g/mol. The van der Waals surface area contributed by atoms with Gasteiger partial charge in [0.2, 0.25) is 5.91 Å². The lowest BCUT2D eigenvalue weighted by Gasteiger charge is -2.19. The third-order valence-corrected chi connectivity index (χ3v) is 4.38. The Balaban J connectivity index is 1.64. The molecule has 1 fully saturated rings. The van der Waals surface area contributed by atoms with Crippen LogP contribution in [0.3, 0.4) is 0 Å². The lowest BCUT2D eigenvalue weighted by atomic mass is 10.0. The third kappa shape index (κ3) is 5.17. The van der Waals surface area contributed by atoms with Crippen LogP contribution in [-0.4, -0.2) is 30.1 Å². The van der Waals surface area contributed by atoms with Gasteiger partial charge in [0, 0.05) is 5.69 Å². The Morgan fingerprint density at radius 3 is 2.11 bits per heavy atom. The molecule has 5 heteroatoms. The number of ether oxygens (including phenoxy) is 1. The van der Waals surface area contributed by atoms with Crippen LogP contribution in [0.1, 0.15) is 44.0 Å². The molecule has 2 aromatic rings. The number of rotatable bonds is 4. The summed E-state index contributed by atoms with van der Waals surface area (Å²) in [6.45, 7) is 6.45. The third-order valence-electron chi connectivity index (χ3n) is 4.38. The summed E-state index contributed by atoms with van der Waals surface area (Å²) in [5, 5.41) is 6.14. The largest absolute Gasteiger partial charge is 0.456 e. The van der Waals surface area contributed by atoms with E-state index in [1.807, 2.05) is 57.2 Å². The SMILES string of the molecule is CC(C)(C)OC(=O)c1ccc(-c2ccc(NC(=O)[C@H]3CCCN3)cc2)cc1. The van der Waals surface area contributed by atoms with Crippen molar-refractivity contribution in [3.63, 3.8) is 0 Å². The summed E-state index contributed by atoms with van der Waals surface area (Å²) in [6.07, 6.45) is 1.92. The molecule has 0 unspecified atom stereocenters. The molecule has 3 rings (SSSR count). The first-order chi connectivity index (χ1) is 12.8. The molecule has 1 amide bonds. The Morgan fingerprint density at radius 1 is 1.00 bits per heavy atom. The molecule has 1 aliphatic rings. The van der Waals surface area contributed by atoms with Gasteiger partial charge in [-0.3, -0.25) is 4.79 Å². The molecule has 2 N–H and O–H groups in total. The van der Waals surface area contributed by atoms with Crippen LogP contribution in [0.2, 0.25) is 0 Å². The smallest absolute Gasteiger partial charge is 0.338 e. The van der Waals surface area contributed by atoms with Gasteiger partial charge in [0.05, 0.1) is 11.6 Å². The number of hydrogen-bond acceptors (Lipinski definition) is 4. The average molecular weight is 366 g/mol. The van der Waals surface area contributed by atoms with Crippen molar-refractivity contribution in [1.82, 2.24) is 5.32 Å². The minimum atomic E-state index is -0.510. The predicted octanol–water partition coefficient (Wildman–Crippen LogP) is 4.00. The molecule has 0 saturated carbocycles. The molecule has 142 valence electrons. The van der Waals surface area contributed by atoms with E-state index in [4.69, 9.17) is 4.74 Å². The zero-order valence-electron chi connectivity index (χ0n) is 16.0. The lowest BCUT2D eigenvalue weighted by Crippen LogP contribution is -2.35. The summed E-state index contributed by atoms with van der Waals surface area (Å²) in [5.74, 6) is -0.311. The number of hydrogen-bond donors (Lipinski definition) is 2. The number of amides is 1. The van der Waals surface area contributed by atoms with Crippen LogP contribution >= 0.6 is 0 Å². The van der Waals surface area contributed by atoms with E-state index in [-0.39, 0.29) is 17.9 Å². The predicted molar refractivity (Wildman–Crippen MR) is 107 cm³/mol. The molecule has 1 heterocycles. The first-order valence-corrected chi connectivity index (χ1v) is 9.30. The van der Waals surface area contributed by atoms with Crippen molar-refractivity contribution in [3.05, 3.63) is 54.1 Å². The van der Waals surface area contributed by atoms with Gasteiger partial charge in [-0.05, 0) is 75.5 Å². The van der Waals surface area contributed by atoms with Crippen LogP contribution < -0.4 is 10.6 Å². The molecule has 0 bridgehead atoms. The Bertz CT molecular complexity index is 799. The fourth-order valence-electron chi connectivity index (χ4n) is 3.02. The van der Waals surface area contributed by atoms with E-state index in [0.717, 1.165) is 36.2 Å². The molecule has 2 aromatic carbocycles. The second-order valence-electron chi connectivity index (χ2n) is 7.79. The summed E-state index contributed by atoms with van der Waals surface area (Å²) < 4.78 is 5.38. The molecular formula is C22H26N2O3. The Labute approximate surface area is 160 Å². The summed E-state index contributed by atoms with van der Waals surface area (Å²) in [7, 11) is 0. The van der Waals surface area contributed by atoms with E-state index in [0.29, 0.717) is 5.56 Å². The highest BCUT2D eigenvalue weighted by molar-refractivity contribution is 5.95. The molecule has 27 heavy (non-hydrogen) atoms. The molecule has 1 aliphatic heterocycles. The Morgan fingerprint density at radius 2 is 1.59 bits per heavy atom. The van der Waals surface area contributed by atoms with Crippen LogP contribution in [0, 0.1) is 0 Å². The maximum Gasteiger partial charge on any atom is 0.338 e. The number of nitrogens with one attached hydrogen (secondary N) is 2. The highest BCUT2D eigenvalue weighted by Gasteiger charge is 2.22. The normalized spacial score (nSPS) is 16.8. The second kappa shape index (κ2) is 7.92. The van der Waals surface area contributed by atoms with Crippen molar-refractivity contribution in [2.24, 2.45) is 0 Å². The van der Waals surface area contributed by atoms with E-state index in [9.17, 15) is 9.59 Å². The highest BCUT2D eigenvalue weighted by atomic mass is 16.6. The van der Waals surface area contributed by atoms with Gasteiger partial charge in [-0.15, -0.1) is 0 Å². The fourth-order valence-corrected chi connectivity index (χ4v) is 3.02. The zero-order chi connectivity index (χ0) is 19.4. The minimum Gasteiger partial charge on any atom is -0.456 e. The number of esters is 1. The lowest BCUT2D eigenvalue weighted by molar-refractivity contribution is -0.117. The van der Waals surface area contributed by atoms with Crippen molar-refractivity contribution in [3.8, 4) is 11.1 Å². The van der Waals surface area contributed by atoms with Crippen molar-refractivity contribution in [1.29, 1.82) is 0 Å². The standard InChI is InChI=1S/C22H26N2O3/c1-22(2,3)27-21(26)17-8-6-15(7-9-17)16-10-12-18(13-11-16)24-20(25)19-5-4-14-23-19/h6-13,19,23H,4-5,14H2,1-3H3,(H,24,25)/t19-/m1/s1. The van der Waals surface area contributed by atoms with Crippen LogP contribution in [0.5, 0.6) is 0 Å². The van der Waals surface area contributed by atoms with Crippen molar-refractivity contribution >= 4 is 17.6 Å². The van der Waals surface area contributed by atoms with E-state index < -0.39 is 5.60 Å². The van der Waals surface area contributed by atoms with Crippen molar-refractivity contribution in [2.45, 2.75) is 45.3 Å². The van der Waals surface area contributed by atoms with Crippen molar-refractivity contribution in [2.75, 3.05) is 11.9 Å². The maximum atomic E-state index is 12.2. The van der Waals surface area contributed by atoms with Gasteiger partial charge in [-0.25, -0.2) is 4.79 Å². The number of carbonyl (C=O) groups excluding carboxylic acids is 2. The number of carbonyl (C=O) groups is 2. The average Bonchev–Trinajstić information content (AvgIpc) is 3.16. The summed E-state index contributed by atoms with van der Waals surface area (Å²) in [5.41, 5.74) is 2.81. The molecule has 0 radical (unpaired) electrons. The van der Waals surface area contributed by atoms with Crippen LogP contribution in [-0.2, 0) is 9.53 Å². The van der Waals surface area contributed by atoms with Crippen LogP contribution in [0.4, 0.5) is 5.69 Å². The van der Waals surface area contributed by atoms with Gasteiger partial charge < -0.3 is 15.4 Å². The molecular weight excluding hydrogens is 340 g/mol. The van der Waals surface area contributed by atoms with Crippen LogP contribution in [0.25, 0.3) is 11.1 Å². The minimum absolute atomic E-state index is 0.0157. The van der Waals surface area contributed by atoms with Gasteiger partial charge in [-0.1, -0.05) is 24.3 Å². The van der Waals surface area contributed by atoms with Gasteiger partial charge in [0.25, 0.3) is 0 Å². The molecule has 1 atom stereocenters. The van der Waals surface area contributed by atoms with Gasteiger partial charge in [0.1, 0.15) is 5.60 Å². The van der Waals surface area contributed by atoms with Gasteiger partial charge in [0.15, 0.2) is 0 Å². The molecule has 1 saturated heterocycles. The zero-order valence-corrected chi connectivity index (χ0v) is 16.0.